The van der Waals surface area contributed by atoms with E-state index in [0.717, 1.165) is 11.5 Å². The van der Waals surface area contributed by atoms with E-state index in [1.165, 1.54) is 0 Å². The molecule has 1 aromatic rings. The standard InChI is InChI=1S/C8H11N3O2S/c1-5-6(14-10-9-5)7(12)11-3-8(2,13)4-11/h13H,3-4H2,1-2H3. The summed E-state index contributed by atoms with van der Waals surface area (Å²) in [5.74, 6) is -0.0796. The highest BCUT2D eigenvalue weighted by Gasteiger charge is 2.40. The van der Waals surface area contributed by atoms with Crippen molar-refractivity contribution in [2.45, 2.75) is 19.4 Å². The topological polar surface area (TPSA) is 66.3 Å². The zero-order chi connectivity index (χ0) is 10.3. The van der Waals surface area contributed by atoms with E-state index in [4.69, 9.17) is 0 Å². The lowest BCUT2D eigenvalue weighted by atomic mass is 9.97. The van der Waals surface area contributed by atoms with Gasteiger partial charge in [-0.3, -0.25) is 4.79 Å². The third-order valence-electron chi connectivity index (χ3n) is 2.20. The molecule has 1 aliphatic heterocycles. The molecule has 0 aromatic carbocycles. The largest absolute Gasteiger partial charge is 0.386 e. The summed E-state index contributed by atoms with van der Waals surface area (Å²) in [6.07, 6.45) is 0. The van der Waals surface area contributed by atoms with Crippen LogP contribution in [-0.2, 0) is 0 Å². The average molecular weight is 213 g/mol. The fourth-order valence-corrected chi connectivity index (χ4v) is 2.12. The van der Waals surface area contributed by atoms with Gasteiger partial charge in [-0.25, -0.2) is 0 Å². The smallest absolute Gasteiger partial charge is 0.267 e. The number of aryl methyl sites for hydroxylation is 1. The van der Waals surface area contributed by atoms with Crippen LogP contribution in [0.2, 0.25) is 0 Å². The number of aromatic nitrogens is 2. The molecule has 0 radical (unpaired) electrons. The zero-order valence-corrected chi connectivity index (χ0v) is 8.84. The third-order valence-corrected chi connectivity index (χ3v) is 3.01. The van der Waals surface area contributed by atoms with E-state index in [0.29, 0.717) is 23.7 Å². The van der Waals surface area contributed by atoms with E-state index >= 15 is 0 Å². The molecule has 1 N–H and O–H groups in total. The highest BCUT2D eigenvalue weighted by molar-refractivity contribution is 7.07. The van der Waals surface area contributed by atoms with Crippen LogP contribution in [0.4, 0.5) is 0 Å². The summed E-state index contributed by atoms with van der Waals surface area (Å²) in [6, 6.07) is 0. The lowest BCUT2D eigenvalue weighted by Gasteiger charge is -2.43. The van der Waals surface area contributed by atoms with E-state index in [9.17, 15) is 9.90 Å². The Morgan fingerprint density at radius 3 is 2.71 bits per heavy atom. The van der Waals surface area contributed by atoms with Crippen LogP contribution >= 0.6 is 11.5 Å². The molecule has 0 atom stereocenters. The molecule has 0 spiro atoms. The Morgan fingerprint density at radius 2 is 2.29 bits per heavy atom. The van der Waals surface area contributed by atoms with Crippen molar-refractivity contribution >= 4 is 17.4 Å². The summed E-state index contributed by atoms with van der Waals surface area (Å²) >= 11 is 1.10. The number of likely N-dealkylation sites (tertiary alicyclic amines) is 1. The molecular weight excluding hydrogens is 202 g/mol. The van der Waals surface area contributed by atoms with Crippen LogP contribution in [0, 0.1) is 6.92 Å². The molecule has 1 fully saturated rings. The number of hydrogen-bond acceptors (Lipinski definition) is 5. The van der Waals surface area contributed by atoms with Gasteiger partial charge in [-0.1, -0.05) is 4.49 Å². The van der Waals surface area contributed by atoms with Crippen LogP contribution in [0.15, 0.2) is 0 Å². The highest BCUT2D eigenvalue weighted by Crippen LogP contribution is 2.23. The first-order chi connectivity index (χ1) is 6.49. The highest BCUT2D eigenvalue weighted by atomic mass is 32.1. The number of hydrogen-bond donors (Lipinski definition) is 1. The molecule has 5 nitrogen and oxygen atoms in total. The van der Waals surface area contributed by atoms with Crippen molar-refractivity contribution < 1.29 is 9.90 Å². The maximum Gasteiger partial charge on any atom is 0.267 e. The fourth-order valence-electron chi connectivity index (χ4n) is 1.49. The van der Waals surface area contributed by atoms with Gasteiger partial charge >= 0.3 is 0 Å². The van der Waals surface area contributed by atoms with Crippen molar-refractivity contribution in [3.63, 3.8) is 0 Å². The normalized spacial score (nSPS) is 19.2. The SMILES string of the molecule is Cc1nnsc1C(=O)N1CC(C)(O)C1. The lowest BCUT2D eigenvalue weighted by molar-refractivity contribution is -0.0667. The summed E-state index contributed by atoms with van der Waals surface area (Å²) < 4.78 is 3.70. The van der Waals surface area contributed by atoms with Crippen LogP contribution < -0.4 is 0 Å². The second-order valence-corrected chi connectivity index (χ2v) is 4.60. The number of rotatable bonds is 1. The van der Waals surface area contributed by atoms with Gasteiger partial charge in [-0.05, 0) is 25.4 Å². The molecule has 1 aliphatic rings. The first-order valence-electron chi connectivity index (χ1n) is 4.30. The average Bonchev–Trinajstić information content (AvgIpc) is 2.45. The Labute approximate surface area is 85.5 Å². The van der Waals surface area contributed by atoms with Gasteiger partial charge in [-0.2, -0.15) is 0 Å². The maximum atomic E-state index is 11.7. The van der Waals surface area contributed by atoms with Crippen molar-refractivity contribution in [3.05, 3.63) is 10.6 Å². The van der Waals surface area contributed by atoms with E-state index in [2.05, 4.69) is 9.59 Å². The zero-order valence-electron chi connectivity index (χ0n) is 8.02. The molecule has 2 rings (SSSR count). The van der Waals surface area contributed by atoms with Gasteiger partial charge in [0.1, 0.15) is 4.88 Å². The van der Waals surface area contributed by atoms with Crippen LogP contribution in [0.1, 0.15) is 22.3 Å². The minimum absolute atomic E-state index is 0.0796. The first kappa shape index (κ1) is 9.54. The van der Waals surface area contributed by atoms with E-state index < -0.39 is 5.60 Å². The van der Waals surface area contributed by atoms with E-state index in [1.54, 1.807) is 18.7 Å². The second-order valence-electron chi connectivity index (χ2n) is 3.85. The van der Waals surface area contributed by atoms with Crippen LogP contribution in [0.25, 0.3) is 0 Å². The molecule has 0 bridgehead atoms. The minimum Gasteiger partial charge on any atom is -0.386 e. The van der Waals surface area contributed by atoms with Gasteiger partial charge in [0.15, 0.2) is 0 Å². The molecule has 0 aliphatic carbocycles. The summed E-state index contributed by atoms with van der Waals surface area (Å²) in [5, 5.41) is 13.3. The fraction of sp³-hybridized carbons (Fsp3) is 0.625. The number of carbonyl (C=O) groups is 1. The van der Waals surface area contributed by atoms with Crippen molar-refractivity contribution in [1.29, 1.82) is 0 Å². The number of carbonyl (C=O) groups excluding carboxylic acids is 1. The summed E-state index contributed by atoms with van der Waals surface area (Å²) in [5.41, 5.74) is -0.0617. The molecule has 1 amide bonds. The molecule has 2 heterocycles. The third kappa shape index (κ3) is 1.51. The lowest BCUT2D eigenvalue weighted by Crippen LogP contribution is -2.61. The Bertz CT molecular complexity index is 366. The Balaban J connectivity index is 2.08. The van der Waals surface area contributed by atoms with Crippen LogP contribution in [-0.4, -0.2) is 44.2 Å². The number of aliphatic hydroxyl groups is 1. The summed E-state index contributed by atoms with van der Waals surface area (Å²) in [6.45, 7) is 4.26. The summed E-state index contributed by atoms with van der Waals surface area (Å²) in [4.78, 5) is 13.9. The molecule has 14 heavy (non-hydrogen) atoms. The Hall–Kier alpha value is -1.01. The number of nitrogens with zero attached hydrogens (tertiary/aromatic N) is 3. The Kier molecular flexibility index (Phi) is 2.04. The van der Waals surface area contributed by atoms with E-state index in [1.807, 2.05) is 0 Å². The monoisotopic (exact) mass is 213 g/mol. The molecular formula is C8H11N3O2S. The maximum absolute atomic E-state index is 11.7. The molecule has 1 aromatic heterocycles. The molecule has 0 saturated carbocycles. The quantitative estimate of drug-likeness (QED) is 0.716. The first-order valence-corrected chi connectivity index (χ1v) is 5.07. The van der Waals surface area contributed by atoms with Gasteiger partial charge in [0.25, 0.3) is 5.91 Å². The van der Waals surface area contributed by atoms with Gasteiger partial charge in [0, 0.05) is 0 Å². The van der Waals surface area contributed by atoms with Crippen molar-refractivity contribution in [1.82, 2.24) is 14.5 Å². The van der Waals surface area contributed by atoms with Gasteiger partial charge in [-0.15, -0.1) is 5.10 Å². The predicted molar refractivity (Wildman–Crippen MR) is 51.2 cm³/mol. The second kappa shape index (κ2) is 2.99. The van der Waals surface area contributed by atoms with Gasteiger partial charge < -0.3 is 10.0 Å². The van der Waals surface area contributed by atoms with Crippen LogP contribution in [0.3, 0.4) is 0 Å². The number of β-amino-alcohol motifs (C(OH)–C–C–N with tert-alkyl or cyclic N) is 1. The molecule has 0 unspecified atom stereocenters. The predicted octanol–water partition coefficient (Wildman–Crippen LogP) is 0.0533. The van der Waals surface area contributed by atoms with Crippen molar-refractivity contribution in [2.24, 2.45) is 0 Å². The van der Waals surface area contributed by atoms with Crippen molar-refractivity contribution in [2.75, 3.05) is 13.1 Å². The summed E-state index contributed by atoms with van der Waals surface area (Å²) in [7, 11) is 0. The minimum atomic E-state index is -0.721. The van der Waals surface area contributed by atoms with E-state index in [-0.39, 0.29) is 5.91 Å². The Morgan fingerprint density at radius 1 is 1.64 bits per heavy atom. The van der Waals surface area contributed by atoms with Crippen LogP contribution in [0.5, 0.6) is 0 Å². The molecule has 1 saturated heterocycles. The van der Waals surface area contributed by atoms with Gasteiger partial charge in [0.2, 0.25) is 0 Å². The molecule has 76 valence electrons. The van der Waals surface area contributed by atoms with Crippen molar-refractivity contribution in [3.8, 4) is 0 Å². The molecule has 6 heteroatoms. The number of amides is 1. The van der Waals surface area contributed by atoms with Gasteiger partial charge in [0.05, 0.1) is 24.4 Å².